The third kappa shape index (κ3) is 4.27. The first-order chi connectivity index (χ1) is 12.4. The maximum atomic E-state index is 12.5. The van der Waals surface area contributed by atoms with Gasteiger partial charge in [0, 0.05) is 23.0 Å². The van der Waals surface area contributed by atoms with Crippen LogP contribution in [0, 0.1) is 25.2 Å². The van der Waals surface area contributed by atoms with Crippen LogP contribution < -0.4 is 10.1 Å². The van der Waals surface area contributed by atoms with Crippen LogP contribution in [-0.4, -0.2) is 17.6 Å². The summed E-state index contributed by atoms with van der Waals surface area (Å²) in [7, 11) is 1.50. The number of methoxy groups -OCH3 is 1. The summed E-state index contributed by atoms with van der Waals surface area (Å²) in [6.07, 6.45) is 2.63. The third-order valence-electron chi connectivity index (χ3n) is 4.13. The molecular weight excluding hydrogens is 350 g/mol. The zero-order valence-electron chi connectivity index (χ0n) is 15.4. The van der Waals surface area contributed by atoms with E-state index in [1.165, 1.54) is 7.11 Å². The van der Waals surface area contributed by atoms with Crippen LogP contribution in [0.2, 0.25) is 5.02 Å². The number of aromatic nitrogens is 1. The minimum Gasteiger partial charge on any atom is -0.495 e. The largest absolute Gasteiger partial charge is 0.495 e. The van der Waals surface area contributed by atoms with Gasteiger partial charge in [-0.2, -0.15) is 5.26 Å². The zero-order valence-corrected chi connectivity index (χ0v) is 16.1. The number of amides is 1. The highest BCUT2D eigenvalue weighted by Crippen LogP contribution is 2.28. The molecule has 1 aromatic heterocycles. The molecule has 0 bridgehead atoms. The zero-order chi connectivity index (χ0) is 19.3. The number of halogens is 1. The molecule has 0 aliphatic carbocycles. The summed E-state index contributed by atoms with van der Waals surface area (Å²) in [6.45, 7) is 7.02. The first-order valence-electron chi connectivity index (χ1n) is 8.34. The molecule has 26 heavy (non-hydrogen) atoms. The normalized spacial score (nSPS) is 11.2. The molecule has 1 aromatic carbocycles. The van der Waals surface area contributed by atoms with E-state index in [2.05, 4.69) is 16.8 Å². The van der Waals surface area contributed by atoms with Crippen LogP contribution in [0.1, 0.15) is 30.3 Å². The number of carbonyl (C=O) groups is 1. The second-order valence-corrected chi connectivity index (χ2v) is 6.38. The van der Waals surface area contributed by atoms with Crippen molar-refractivity contribution >= 4 is 29.3 Å². The van der Waals surface area contributed by atoms with Gasteiger partial charge in [0.05, 0.1) is 12.8 Å². The molecule has 1 heterocycles. The van der Waals surface area contributed by atoms with Gasteiger partial charge in [0.1, 0.15) is 17.4 Å². The van der Waals surface area contributed by atoms with E-state index in [9.17, 15) is 10.1 Å². The predicted octanol–water partition coefficient (Wildman–Crippen LogP) is 4.72. The molecule has 0 fully saturated rings. The van der Waals surface area contributed by atoms with Gasteiger partial charge in [-0.05, 0) is 56.2 Å². The Morgan fingerprint density at radius 1 is 1.38 bits per heavy atom. The standard InChI is InChI=1S/C20H22ClN3O2/c1-5-8-24-13(2)9-15(14(24)3)10-16(12-22)20(25)23-18-11-17(21)6-7-19(18)26-4/h6-7,9-11H,5,8H2,1-4H3,(H,23,25)/b16-10+. The summed E-state index contributed by atoms with van der Waals surface area (Å²) >= 11 is 5.98. The number of nitrogens with one attached hydrogen (secondary N) is 1. The lowest BCUT2D eigenvalue weighted by atomic mass is 10.1. The molecule has 1 amide bonds. The van der Waals surface area contributed by atoms with Crippen LogP contribution in [0.25, 0.3) is 6.08 Å². The summed E-state index contributed by atoms with van der Waals surface area (Å²) in [5, 5.41) is 12.6. The Balaban J connectivity index is 2.33. The van der Waals surface area contributed by atoms with Crippen molar-refractivity contribution in [3.8, 4) is 11.8 Å². The quantitative estimate of drug-likeness (QED) is 0.590. The number of hydrogen-bond acceptors (Lipinski definition) is 3. The molecule has 5 nitrogen and oxygen atoms in total. The molecule has 1 N–H and O–H groups in total. The highest BCUT2D eigenvalue weighted by molar-refractivity contribution is 6.31. The number of hydrogen-bond donors (Lipinski definition) is 1. The monoisotopic (exact) mass is 371 g/mol. The lowest BCUT2D eigenvalue weighted by Gasteiger charge is -2.10. The Bertz CT molecular complexity index is 891. The summed E-state index contributed by atoms with van der Waals surface area (Å²) in [6, 6.07) is 8.87. The number of rotatable bonds is 6. The summed E-state index contributed by atoms with van der Waals surface area (Å²) < 4.78 is 7.40. The Hall–Kier alpha value is -2.71. The molecule has 0 unspecified atom stereocenters. The summed E-state index contributed by atoms with van der Waals surface area (Å²) in [5.74, 6) is -0.0328. The van der Waals surface area contributed by atoms with E-state index in [1.54, 1.807) is 24.3 Å². The maximum absolute atomic E-state index is 12.5. The van der Waals surface area contributed by atoms with Crippen LogP contribution >= 0.6 is 11.6 Å². The van der Waals surface area contributed by atoms with E-state index in [1.807, 2.05) is 26.0 Å². The molecule has 0 spiro atoms. The summed E-state index contributed by atoms with van der Waals surface area (Å²) in [5.41, 5.74) is 3.43. The highest BCUT2D eigenvalue weighted by atomic mass is 35.5. The van der Waals surface area contributed by atoms with Crippen LogP contribution in [0.4, 0.5) is 5.69 Å². The molecule has 0 saturated heterocycles. The lowest BCUT2D eigenvalue weighted by Crippen LogP contribution is -2.14. The van der Waals surface area contributed by atoms with E-state index < -0.39 is 5.91 Å². The van der Waals surface area contributed by atoms with Crippen LogP contribution in [-0.2, 0) is 11.3 Å². The van der Waals surface area contributed by atoms with Gasteiger partial charge >= 0.3 is 0 Å². The van der Waals surface area contributed by atoms with Gasteiger partial charge in [0.25, 0.3) is 5.91 Å². The second-order valence-electron chi connectivity index (χ2n) is 5.95. The average Bonchev–Trinajstić information content (AvgIpc) is 2.87. The van der Waals surface area contributed by atoms with Crippen molar-refractivity contribution in [1.29, 1.82) is 5.26 Å². The van der Waals surface area contributed by atoms with E-state index in [4.69, 9.17) is 16.3 Å². The molecule has 0 aliphatic rings. The fourth-order valence-electron chi connectivity index (χ4n) is 2.81. The topological polar surface area (TPSA) is 67.0 Å². The fraction of sp³-hybridized carbons (Fsp3) is 0.300. The molecule has 0 saturated carbocycles. The maximum Gasteiger partial charge on any atom is 0.266 e. The number of anilines is 1. The third-order valence-corrected chi connectivity index (χ3v) is 4.37. The lowest BCUT2D eigenvalue weighted by molar-refractivity contribution is -0.112. The fourth-order valence-corrected chi connectivity index (χ4v) is 2.99. The molecule has 2 rings (SSSR count). The SMILES string of the molecule is CCCn1c(C)cc(/C=C(\C#N)C(=O)Nc2cc(Cl)ccc2OC)c1C. The van der Waals surface area contributed by atoms with Gasteiger partial charge in [0.15, 0.2) is 0 Å². The van der Waals surface area contributed by atoms with Crippen molar-refractivity contribution in [2.45, 2.75) is 33.7 Å². The molecule has 0 radical (unpaired) electrons. The molecule has 0 atom stereocenters. The Kier molecular flexibility index (Phi) is 6.48. The Labute approximate surface area is 158 Å². The van der Waals surface area contributed by atoms with Gasteiger partial charge in [-0.3, -0.25) is 4.79 Å². The molecule has 0 aliphatic heterocycles. The number of benzene rings is 1. The number of carbonyl (C=O) groups excluding carboxylic acids is 1. The first kappa shape index (κ1) is 19.6. The predicted molar refractivity (Wildman–Crippen MR) is 104 cm³/mol. The van der Waals surface area contributed by atoms with Crippen LogP contribution in [0.3, 0.4) is 0 Å². The van der Waals surface area contributed by atoms with Gasteiger partial charge in [0.2, 0.25) is 0 Å². The number of nitrogens with zero attached hydrogens (tertiary/aromatic N) is 2. The van der Waals surface area contributed by atoms with E-state index >= 15 is 0 Å². The van der Waals surface area contributed by atoms with Crippen LogP contribution in [0.5, 0.6) is 5.75 Å². The number of nitriles is 1. The average molecular weight is 372 g/mol. The Morgan fingerprint density at radius 3 is 2.73 bits per heavy atom. The molecular formula is C20H22ClN3O2. The molecule has 6 heteroatoms. The van der Waals surface area contributed by atoms with Gasteiger partial charge in [-0.15, -0.1) is 0 Å². The Morgan fingerprint density at radius 2 is 2.12 bits per heavy atom. The highest BCUT2D eigenvalue weighted by Gasteiger charge is 2.15. The summed E-state index contributed by atoms with van der Waals surface area (Å²) in [4.78, 5) is 12.5. The van der Waals surface area contributed by atoms with Crippen molar-refractivity contribution in [2.75, 3.05) is 12.4 Å². The van der Waals surface area contributed by atoms with E-state index in [0.29, 0.717) is 16.5 Å². The first-order valence-corrected chi connectivity index (χ1v) is 8.72. The number of ether oxygens (including phenoxy) is 1. The minimum absolute atomic E-state index is 0.0174. The van der Waals surface area contributed by atoms with Gasteiger partial charge < -0.3 is 14.6 Å². The van der Waals surface area contributed by atoms with Crippen molar-refractivity contribution < 1.29 is 9.53 Å². The number of aryl methyl sites for hydroxylation is 1. The van der Waals surface area contributed by atoms with Crippen molar-refractivity contribution in [2.24, 2.45) is 0 Å². The van der Waals surface area contributed by atoms with Crippen molar-refractivity contribution in [3.63, 3.8) is 0 Å². The smallest absolute Gasteiger partial charge is 0.266 e. The van der Waals surface area contributed by atoms with Crippen molar-refractivity contribution in [1.82, 2.24) is 4.57 Å². The van der Waals surface area contributed by atoms with Crippen molar-refractivity contribution in [3.05, 3.63) is 51.8 Å². The second kappa shape index (κ2) is 8.59. The minimum atomic E-state index is -0.506. The van der Waals surface area contributed by atoms with E-state index in [-0.39, 0.29) is 5.57 Å². The molecule has 136 valence electrons. The van der Waals surface area contributed by atoms with Gasteiger partial charge in [-0.1, -0.05) is 18.5 Å². The molecule has 2 aromatic rings. The van der Waals surface area contributed by atoms with E-state index in [0.717, 1.165) is 29.9 Å². The van der Waals surface area contributed by atoms with Crippen LogP contribution in [0.15, 0.2) is 29.8 Å². The van der Waals surface area contributed by atoms with Gasteiger partial charge in [-0.25, -0.2) is 0 Å².